The van der Waals surface area contributed by atoms with Crippen molar-refractivity contribution in [2.45, 2.75) is 33.2 Å². The molecule has 22 heavy (non-hydrogen) atoms. The molecule has 2 aromatic rings. The number of amides is 1. The number of carbonyl (C=O) groups excluding carboxylic acids is 1. The molecule has 2 aromatic carbocycles. The zero-order chi connectivity index (χ0) is 15.9. The van der Waals surface area contributed by atoms with Gasteiger partial charge in [-0.3, -0.25) is 4.79 Å². The summed E-state index contributed by atoms with van der Waals surface area (Å²) < 4.78 is 0. The van der Waals surface area contributed by atoms with Crippen molar-refractivity contribution in [3.8, 4) is 0 Å². The van der Waals surface area contributed by atoms with Crippen LogP contribution in [0, 0.1) is 13.8 Å². The topological polar surface area (TPSA) is 41.1 Å². The van der Waals surface area contributed by atoms with E-state index in [4.69, 9.17) is 0 Å². The minimum absolute atomic E-state index is 0.0414. The first-order chi connectivity index (χ1) is 10.6. The van der Waals surface area contributed by atoms with E-state index in [0.29, 0.717) is 13.0 Å². The molecule has 2 N–H and O–H groups in total. The van der Waals surface area contributed by atoms with Crippen molar-refractivity contribution in [2.75, 3.05) is 11.9 Å². The smallest absolute Gasteiger partial charge is 0.225 e. The number of aryl methyl sites for hydroxylation is 2. The molecule has 0 radical (unpaired) electrons. The van der Waals surface area contributed by atoms with Crippen molar-refractivity contribution < 1.29 is 4.79 Å². The third-order valence-electron chi connectivity index (χ3n) is 3.76. The van der Waals surface area contributed by atoms with Crippen LogP contribution < -0.4 is 10.6 Å². The zero-order valence-corrected chi connectivity index (χ0v) is 13.5. The van der Waals surface area contributed by atoms with E-state index in [2.05, 4.69) is 35.8 Å². The van der Waals surface area contributed by atoms with Crippen LogP contribution >= 0.6 is 0 Å². The van der Waals surface area contributed by atoms with E-state index < -0.39 is 0 Å². The van der Waals surface area contributed by atoms with E-state index in [0.717, 1.165) is 11.3 Å². The van der Waals surface area contributed by atoms with Gasteiger partial charge in [0.25, 0.3) is 0 Å². The molecule has 0 bridgehead atoms. The fourth-order valence-corrected chi connectivity index (χ4v) is 2.43. The van der Waals surface area contributed by atoms with Crippen LogP contribution in [0.1, 0.15) is 36.1 Å². The molecule has 0 aliphatic carbocycles. The van der Waals surface area contributed by atoms with Gasteiger partial charge in [-0.25, -0.2) is 0 Å². The van der Waals surface area contributed by atoms with Crippen LogP contribution in [0.25, 0.3) is 0 Å². The average Bonchev–Trinajstić information content (AvgIpc) is 2.51. The van der Waals surface area contributed by atoms with Crippen molar-refractivity contribution in [3.63, 3.8) is 0 Å². The predicted molar refractivity (Wildman–Crippen MR) is 92.0 cm³/mol. The fourth-order valence-electron chi connectivity index (χ4n) is 2.43. The summed E-state index contributed by atoms with van der Waals surface area (Å²) in [7, 11) is 0. The van der Waals surface area contributed by atoms with Gasteiger partial charge in [0.05, 0.1) is 0 Å². The normalized spacial score (nSPS) is 12.0. The molecule has 0 aromatic heterocycles. The zero-order valence-electron chi connectivity index (χ0n) is 13.5. The molecular formula is C19H24N2O. The quantitative estimate of drug-likeness (QED) is 0.846. The molecule has 0 spiro atoms. The Morgan fingerprint density at radius 2 is 1.82 bits per heavy atom. The standard InChI is InChI=1S/C19H24N2O/c1-14-9-10-18(15(2)13-14)21-19(22)11-12-20-16(3)17-7-5-4-6-8-17/h4-10,13,16,20H,11-12H2,1-3H3,(H,21,22). The number of nitrogens with one attached hydrogen (secondary N) is 2. The summed E-state index contributed by atoms with van der Waals surface area (Å²) in [6, 6.07) is 16.5. The van der Waals surface area contributed by atoms with Gasteiger partial charge in [-0.1, -0.05) is 48.0 Å². The van der Waals surface area contributed by atoms with Crippen molar-refractivity contribution in [1.82, 2.24) is 5.32 Å². The Bertz CT molecular complexity index is 623. The van der Waals surface area contributed by atoms with Crippen molar-refractivity contribution in [1.29, 1.82) is 0 Å². The maximum atomic E-state index is 12.0. The van der Waals surface area contributed by atoms with Crippen LogP contribution in [0.5, 0.6) is 0 Å². The first-order valence-corrected chi connectivity index (χ1v) is 7.71. The largest absolute Gasteiger partial charge is 0.326 e. The van der Waals surface area contributed by atoms with E-state index >= 15 is 0 Å². The fraction of sp³-hybridized carbons (Fsp3) is 0.316. The highest BCUT2D eigenvalue weighted by Gasteiger charge is 2.07. The van der Waals surface area contributed by atoms with Gasteiger partial charge in [-0.15, -0.1) is 0 Å². The highest BCUT2D eigenvalue weighted by Crippen LogP contribution is 2.16. The van der Waals surface area contributed by atoms with Crippen molar-refractivity contribution in [2.24, 2.45) is 0 Å². The molecule has 0 saturated carbocycles. The van der Waals surface area contributed by atoms with Crippen molar-refractivity contribution >= 4 is 11.6 Å². The summed E-state index contributed by atoms with van der Waals surface area (Å²) in [5.74, 6) is 0.0414. The maximum Gasteiger partial charge on any atom is 0.225 e. The third kappa shape index (κ3) is 4.71. The Hall–Kier alpha value is -2.13. The average molecular weight is 296 g/mol. The van der Waals surface area contributed by atoms with Gasteiger partial charge in [0.15, 0.2) is 0 Å². The van der Waals surface area contributed by atoms with Crippen LogP contribution in [-0.2, 0) is 4.79 Å². The number of benzene rings is 2. The molecular weight excluding hydrogens is 272 g/mol. The van der Waals surface area contributed by atoms with Crippen LogP contribution in [-0.4, -0.2) is 12.5 Å². The number of hydrogen-bond donors (Lipinski definition) is 2. The Morgan fingerprint density at radius 3 is 2.50 bits per heavy atom. The summed E-state index contributed by atoms with van der Waals surface area (Å²) in [6.07, 6.45) is 0.463. The van der Waals surface area contributed by atoms with Gasteiger partial charge in [0.2, 0.25) is 5.91 Å². The summed E-state index contributed by atoms with van der Waals surface area (Å²) >= 11 is 0. The monoisotopic (exact) mass is 296 g/mol. The molecule has 0 aliphatic heterocycles. The van der Waals surface area contributed by atoms with E-state index in [1.165, 1.54) is 11.1 Å². The molecule has 116 valence electrons. The second kappa shape index (κ2) is 7.76. The Kier molecular flexibility index (Phi) is 5.73. The molecule has 1 amide bonds. The Morgan fingerprint density at radius 1 is 1.09 bits per heavy atom. The lowest BCUT2D eigenvalue weighted by atomic mass is 10.1. The first-order valence-electron chi connectivity index (χ1n) is 7.71. The van der Waals surface area contributed by atoms with E-state index in [9.17, 15) is 4.79 Å². The SMILES string of the molecule is Cc1ccc(NC(=O)CCNC(C)c2ccccc2)c(C)c1. The second-order valence-corrected chi connectivity index (χ2v) is 5.70. The van der Waals surface area contributed by atoms with Crippen LogP contribution in [0.15, 0.2) is 48.5 Å². The van der Waals surface area contributed by atoms with Gasteiger partial charge in [-0.05, 0) is 38.0 Å². The van der Waals surface area contributed by atoms with Gasteiger partial charge < -0.3 is 10.6 Å². The number of anilines is 1. The first kappa shape index (κ1) is 16.2. The number of carbonyl (C=O) groups is 1. The lowest BCUT2D eigenvalue weighted by Gasteiger charge is -2.14. The summed E-state index contributed by atoms with van der Waals surface area (Å²) in [4.78, 5) is 12.0. The van der Waals surface area contributed by atoms with Gasteiger partial charge in [0.1, 0.15) is 0 Å². The van der Waals surface area contributed by atoms with Crippen LogP contribution in [0.2, 0.25) is 0 Å². The predicted octanol–water partition coefficient (Wildman–Crippen LogP) is 3.98. The molecule has 0 aliphatic rings. The molecule has 0 heterocycles. The number of rotatable bonds is 6. The molecule has 1 unspecified atom stereocenters. The molecule has 0 saturated heterocycles. The lowest BCUT2D eigenvalue weighted by Crippen LogP contribution is -2.24. The van der Waals surface area contributed by atoms with Gasteiger partial charge in [0, 0.05) is 24.7 Å². The maximum absolute atomic E-state index is 12.0. The van der Waals surface area contributed by atoms with E-state index in [-0.39, 0.29) is 11.9 Å². The highest BCUT2D eigenvalue weighted by atomic mass is 16.1. The third-order valence-corrected chi connectivity index (χ3v) is 3.76. The minimum Gasteiger partial charge on any atom is -0.326 e. The van der Waals surface area contributed by atoms with E-state index in [1.54, 1.807) is 0 Å². The minimum atomic E-state index is 0.0414. The molecule has 0 fully saturated rings. The second-order valence-electron chi connectivity index (χ2n) is 5.70. The number of hydrogen-bond acceptors (Lipinski definition) is 2. The lowest BCUT2D eigenvalue weighted by molar-refractivity contribution is -0.116. The van der Waals surface area contributed by atoms with Crippen LogP contribution in [0.3, 0.4) is 0 Å². The van der Waals surface area contributed by atoms with Crippen molar-refractivity contribution in [3.05, 3.63) is 65.2 Å². The molecule has 1 atom stereocenters. The Balaban J connectivity index is 1.78. The summed E-state index contributed by atoms with van der Waals surface area (Å²) in [5, 5.41) is 6.35. The van der Waals surface area contributed by atoms with Gasteiger partial charge in [-0.2, -0.15) is 0 Å². The van der Waals surface area contributed by atoms with Crippen LogP contribution in [0.4, 0.5) is 5.69 Å². The molecule has 3 nitrogen and oxygen atoms in total. The highest BCUT2D eigenvalue weighted by molar-refractivity contribution is 5.91. The Labute approximate surface area is 132 Å². The summed E-state index contributed by atoms with van der Waals surface area (Å²) in [5.41, 5.74) is 4.43. The molecule has 2 rings (SSSR count). The van der Waals surface area contributed by atoms with E-state index in [1.807, 2.05) is 44.2 Å². The molecule has 3 heteroatoms. The van der Waals surface area contributed by atoms with Gasteiger partial charge >= 0.3 is 0 Å². The summed E-state index contributed by atoms with van der Waals surface area (Å²) in [6.45, 7) is 6.83.